The summed E-state index contributed by atoms with van der Waals surface area (Å²) < 4.78 is 5.84. The Morgan fingerprint density at radius 1 is 1.24 bits per heavy atom. The number of rotatable bonds is 4. The van der Waals surface area contributed by atoms with Gasteiger partial charge < -0.3 is 4.74 Å². The monoisotopic (exact) mass is 247 g/mol. The number of ether oxygens (including phenoxy) is 1. The topological polar surface area (TPSA) is 22.1 Å². The molecule has 2 nitrogen and oxygen atoms in total. The van der Waals surface area contributed by atoms with E-state index in [0.29, 0.717) is 5.88 Å². The summed E-state index contributed by atoms with van der Waals surface area (Å²) in [5.41, 5.74) is 2.01. The highest BCUT2D eigenvalue weighted by molar-refractivity contribution is 6.16. The van der Waals surface area contributed by atoms with E-state index < -0.39 is 0 Å². The zero-order chi connectivity index (χ0) is 12.1. The molecule has 1 aromatic heterocycles. The van der Waals surface area contributed by atoms with Crippen LogP contribution in [0.1, 0.15) is 18.2 Å². The summed E-state index contributed by atoms with van der Waals surface area (Å²) in [7, 11) is 0. The molecule has 88 valence electrons. The third kappa shape index (κ3) is 2.98. The van der Waals surface area contributed by atoms with Gasteiger partial charge in [0, 0.05) is 12.3 Å². The van der Waals surface area contributed by atoms with Crippen molar-refractivity contribution in [3.8, 4) is 11.5 Å². The highest BCUT2D eigenvalue weighted by atomic mass is 35.5. The van der Waals surface area contributed by atoms with Crippen molar-refractivity contribution in [2.75, 3.05) is 0 Å². The Bertz CT molecular complexity index is 499. The fraction of sp³-hybridized carbons (Fsp3) is 0.214. The predicted molar refractivity (Wildman–Crippen MR) is 69.7 cm³/mol. The van der Waals surface area contributed by atoms with E-state index in [4.69, 9.17) is 16.3 Å². The molecule has 0 aliphatic heterocycles. The van der Waals surface area contributed by atoms with Gasteiger partial charge in [-0.15, -0.1) is 11.6 Å². The van der Waals surface area contributed by atoms with E-state index in [1.165, 1.54) is 5.56 Å². The Kier molecular flexibility index (Phi) is 3.99. The Morgan fingerprint density at radius 3 is 2.82 bits per heavy atom. The molecule has 1 heterocycles. The second-order valence-corrected chi connectivity index (χ2v) is 3.95. The standard InChI is InChI=1S/C14H14ClNO/c1-2-11-5-3-4-6-14(11)17-13-7-8-16-12(9-13)10-15/h3-9H,2,10H2,1H3. The number of nitrogens with zero attached hydrogens (tertiary/aromatic N) is 1. The van der Waals surface area contributed by atoms with E-state index in [1.807, 2.05) is 30.3 Å². The number of hydrogen-bond acceptors (Lipinski definition) is 2. The molecule has 0 amide bonds. The molecule has 0 unspecified atom stereocenters. The highest BCUT2D eigenvalue weighted by Crippen LogP contribution is 2.25. The minimum Gasteiger partial charge on any atom is -0.457 e. The molecule has 0 saturated carbocycles. The largest absolute Gasteiger partial charge is 0.457 e. The van der Waals surface area contributed by atoms with E-state index in [2.05, 4.69) is 18.0 Å². The molecule has 0 saturated heterocycles. The molecule has 3 heteroatoms. The van der Waals surface area contributed by atoms with Crippen LogP contribution in [0.25, 0.3) is 0 Å². The molecule has 2 aromatic rings. The van der Waals surface area contributed by atoms with Gasteiger partial charge in [-0.1, -0.05) is 25.1 Å². The van der Waals surface area contributed by atoms with Gasteiger partial charge in [-0.25, -0.2) is 0 Å². The van der Waals surface area contributed by atoms with Crippen LogP contribution in [0.2, 0.25) is 0 Å². The SMILES string of the molecule is CCc1ccccc1Oc1ccnc(CCl)c1. The van der Waals surface area contributed by atoms with Crippen molar-refractivity contribution >= 4 is 11.6 Å². The quantitative estimate of drug-likeness (QED) is 0.757. The van der Waals surface area contributed by atoms with Gasteiger partial charge in [-0.05, 0) is 24.1 Å². The summed E-state index contributed by atoms with van der Waals surface area (Å²) in [6, 6.07) is 11.7. The molecular weight excluding hydrogens is 234 g/mol. The van der Waals surface area contributed by atoms with Crippen molar-refractivity contribution in [2.24, 2.45) is 0 Å². The summed E-state index contributed by atoms with van der Waals surface area (Å²) in [6.07, 6.45) is 2.66. The first-order valence-corrected chi connectivity index (χ1v) is 6.13. The highest BCUT2D eigenvalue weighted by Gasteiger charge is 2.03. The molecule has 0 N–H and O–H groups in total. The Balaban J connectivity index is 2.24. The first-order valence-electron chi connectivity index (χ1n) is 5.60. The molecule has 0 fully saturated rings. The molecular formula is C14H14ClNO. The van der Waals surface area contributed by atoms with Gasteiger partial charge in [-0.3, -0.25) is 4.98 Å². The van der Waals surface area contributed by atoms with Crippen LogP contribution in [-0.4, -0.2) is 4.98 Å². The van der Waals surface area contributed by atoms with E-state index in [-0.39, 0.29) is 0 Å². The fourth-order valence-corrected chi connectivity index (χ4v) is 1.76. The van der Waals surface area contributed by atoms with Gasteiger partial charge in [0.1, 0.15) is 11.5 Å². The Hall–Kier alpha value is -1.54. The number of hydrogen-bond donors (Lipinski definition) is 0. The van der Waals surface area contributed by atoms with Gasteiger partial charge >= 0.3 is 0 Å². The van der Waals surface area contributed by atoms with Crippen molar-refractivity contribution in [3.05, 3.63) is 53.9 Å². The number of para-hydroxylation sites is 1. The zero-order valence-corrected chi connectivity index (χ0v) is 10.4. The van der Waals surface area contributed by atoms with Gasteiger partial charge in [0.15, 0.2) is 0 Å². The maximum atomic E-state index is 5.84. The second-order valence-electron chi connectivity index (χ2n) is 3.68. The minimum absolute atomic E-state index is 0.395. The van der Waals surface area contributed by atoms with E-state index in [1.54, 1.807) is 6.20 Å². The Labute approximate surface area is 106 Å². The van der Waals surface area contributed by atoms with Crippen molar-refractivity contribution in [1.29, 1.82) is 0 Å². The lowest BCUT2D eigenvalue weighted by atomic mass is 10.1. The fourth-order valence-electron chi connectivity index (χ4n) is 1.62. The molecule has 2 rings (SSSR count). The number of halogens is 1. The summed E-state index contributed by atoms with van der Waals surface area (Å²) in [5, 5.41) is 0. The van der Waals surface area contributed by atoms with E-state index in [0.717, 1.165) is 23.6 Å². The van der Waals surface area contributed by atoms with Crippen LogP contribution in [0, 0.1) is 0 Å². The molecule has 0 radical (unpaired) electrons. The van der Waals surface area contributed by atoms with E-state index in [9.17, 15) is 0 Å². The average molecular weight is 248 g/mol. The first kappa shape index (κ1) is 11.9. The van der Waals surface area contributed by atoms with Crippen molar-refractivity contribution in [2.45, 2.75) is 19.2 Å². The lowest BCUT2D eigenvalue weighted by Crippen LogP contribution is -1.92. The molecule has 0 aliphatic rings. The Morgan fingerprint density at radius 2 is 2.06 bits per heavy atom. The zero-order valence-electron chi connectivity index (χ0n) is 9.69. The number of benzene rings is 1. The normalized spacial score (nSPS) is 10.2. The first-order chi connectivity index (χ1) is 8.33. The van der Waals surface area contributed by atoms with Crippen LogP contribution >= 0.6 is 11.6 Å². The maximum absolute atomic E-state index is 5.84. The number of aryl methyl sites for hydroxylation is 1. The molecule has 0 spiro atoms. The third-order valence-electron chi connectivity index (χ3n) is 2.51. The summed E-state index contributed by atoms with van der Waals surface area (Å²) in [5.74, 6) is 2.06. The second kappa shape index (κ2) is 5.69. The van der Waals surface area contributed by atoms with Gasteiger partial charge in [0.2, 0.25) is 0 Å². The minimum atomic E-state index is 0.395. The maximum Gasteiger partial charge on any atom is 0.130 e. The van der Waals surface area contributed by atoms with Crippen LogP contribution in [0.3, 0.4) is 0 Å². The lowest BCUT2D eigenvalue weighted by Gasteiger charge is -2.10. The molecule has 0 bridgehead atoms. The number of pyridine rings is 1. The summed E-state index contributed by atoms with van der Waals surface area (Å²) in [4.78, 5) is 4.13. The third-order valence-corrected chi connectivity index (χ3v) is 2.78. The predicted octanol–water partition coefficient (Wildman–Crippen LogP) is 4.18. The van der Waals surface area contributed by atoms with Gasteiger partial charge in [0.05, 0.1) is 11.6 Å². The smallest absolute Gasteiger partial charge is 0.130 e. The van der Waals surface area contributed by atoms with Gasteiger partial charge in [-0.2, -0.15) is 0 Å². The average Bonchev–Trinajstić information content (AvgIpc) is 2.39. The van der Waals surface area contributed by atoms with E-state index >= 15 is 0 Å². The van der Waals surface area contributed by atoms with Crippen molar-refractivity contribution in [1.82, 2.24) is 4.98 Å². The van der Waals surface area contributed by atoms with Crippen LogP contribution in [0.5, 0.6) is 11.5 Å². The molecule has 0 atom stereocenters. The van der Waals surface area contributed by atoms with Crippen LogP contribution in [0.4, 0.5) is 0 Å². The molecule has 1 aromatic carbocycles. The van der Waals surface area contributed by atoms with Crippen molar-refractivity contribution < 1.29 is 4.74 Å². The molecule has 17 heavy (non-hydrogen) atoms. The number of alkyl halides is 1. The van der Waals surface area contributed by atoms with Crippen LogP contribution in [0.15, 0.2) is 42.6 Å². The van der Waals surface area contributed by atoms with Crippen LogP contribution in [-0.2, 0) is 12.3 Å². The summed E-state index contributed by atoms with van der Waals surface area (Å²) in [6.45, 7) is 2.11. The van der Waals surface area contributed by atoms with Gasteiger partial charge in [0.25, 0.3) is 0 Å². The lowest BCUT2D eigenvalue weighted by molar-refractivity contribution is 0.475. The van der Waals surface area contributed by atoms with Crippen molar-refractivity contribution in [3.63, 3.8) is 0 Å². The van der Waals surface area contributed by atoms with Crippen LogP contribution < -0.4 is 4.74 Å². The number of aromatic nitrogens is 1. The molecule has 0 aliphatic carbocycles. The summed E-state index contributed by atoms with van der Waals surface area (Å²) >= 11 is 5.74.